The lowest BCUT2D eigenvalue weighted by Crippen LogP contribution is -2.36. The van der Waals surface area contributed by atoms with Gasteiger partial charge in [-0.2, -0.15) is 0 Å². The number of aliphatic hydroxyl groups is 1. The van der Waals surface area contributed by atoms with E-state index in [1.54, 1.807) is 0 Å². The lowest BCUT2D eigenvalue weighted by atomic mass is 9.84. The van der Waals surface area contributed by atoms with E-state index in [2.05, 4.69) is 35.1 Å². The van der Waals surface area contributed by atoms with Crippen LogP contribution < -0.4 is 5.32 Å². The summed E-state index contributed by atoms with van der Waals surface area (Å²) in [6.45, 7) is 4.61. The van der Waals surface area contributed by atoms with Gasteiger partial charge in [0.25, 0.3) is 0 Å². The molecule has 0 unspecified atom stereocenters. The SMILES string of the molecule is CC(C)(CNC(=O)CCO)c1ccc(Br)cc1. The van der Waals surface area contributed by atoms with Crippen molar-refractivity contribution in [1.29, 1.82) is 0 Å². The monoisotopic (exact) mass is 299 g/mol. The Morgan fingerprint density at radius 3 is 2.47 bits per heavy atom. The molecular formula is C13H18BrNO2. The standard InChI is InChI=1S/C13H18BrNO2/c1-13(2,9-15-12(17)7-8-16)10-3-5-11(14)6-4-10/h3-6,16H,7-9H2,1-2H3,(H,15,17). The highest BCUT2D eigenvalue weighted by Gasteiger charge is 2.21. The summed E-state index contributed by atoms with van der Waals surface area (Å²) in [6.07, 6.45) is 0.163. The van der Waals surface area contributed by atoms with E-state index < -0.39 is 0 Å². The summed E-state index contributed by atoms with van der Waals surface area (Å²) in [7, 11) is 0. The van der Waals surface area contributed by atoms with E-state index in [-0.39, 0.29) is 24.3 Å². The molecule has 0 spiro atoms. The first-order chi connectivity index (χ1) is 7.95. The first-order valence-electron chi connectivity index (χ1n) is 5.59. The van der Waals surface area contributed by atoms with E-state index in [4.69, 9.17) is 5.11 Å². The van der Waals surface area contributed by atoms with Crippen molar-refractivity contribution in [2.45, 2.75) is 25.7 Å². The Kier molecular flexibility index (Phi) is 5.15. The Labute approximate surface area is 110 Å². The molecule has 4 heteroatoms. The number of aliphatic hydroxyl groups excluding tert-OH is 1. The van der Waals surface area contributed by atoms with Gasteiger partial charge < -0.3 is 10.4 Å². The van der Waals surface area contributed by atoms with Gasteiger partial charge in [0.1, 0.15) is 0 Å². The van der Waals surface area contributed by atoms with Gasteiger partial charge >= 0.3 is 0 Å². The number of amides is 1. The quantitative estimate of drug-likeness (QED) is 0.876. The number of rotatable bonds is 5. The number of hydrogen-bond acceptors (Lipinski definition) is 2. The van der Waals surface area contributed by atoms with Crippen LogP contribution >= 0.6 is 15.9 Å². The van der Waals surface area contributed by atoms with Crippen LogP contribution in [0.4, 0.5) is 0 Å². The van der Waals surface area contributed by atoms with Crippen LogP contribution in [-0.2, 0) is 10.2 Å². The molecule has 0 bridgehead atoms. The molecule has 0 aliphatic rings. The van der Waals surface area contributed by atoms with Gasteiger partial charge in [0.05, 0.1) is 6.61 Å². The summed E-state index contributed by atoms with van der Waals surface area (Å²) < 4.78 is 1.04. The van der Waals surface area contributed by atoms with Crippen molar-refractivity contribution in [3.8, 4) is 0 Å². The first kappa shape index (κ1) is 14.2. The minimum Gasteiger partial charge on any atom is -0.396 e. The number of carbonyl (C=O) groups is 1. The van der Waals surface area contributed by atoms with Crippen molar-refractivity contribution in [1.82, 2.24) is 5.32 Å². The number of halogens is 1. The van der Waals surface area contributed by atoms with Crippen LogP contribution in [0.2, 0.25) is 0 Å². The third kappa shape index (κ3) is 4.48. The minimum absolute atomic E-state index is 0.107. The van der Waals surface area contributed by atoms with Gasteiger partial charge in [-0.1, -0.05) is 41.9 Å². The normalized spacial score (nSPS) is 11.3. The molecule has 0 aromatic heterocycles. The van der Waals surface area contributed by atoms with Gasteiger partial charge in [0.15, 0.2) is 0 Å². The largest absolute Gasteiger partial charge is 0.396 e. The second kappa shape index (κ2) is 6.17. The molecule has 1 rings (SSSR count). The van der Waals surface area contributed by atoms with Crippen molar-refractivity contribution in [2.75, 3.05) is 13.2 Å². The highest BCUT2D eigenvalue weighted by molar-refractivity contribution is 9.10. The molecule has 2 N–H and O–H groups in total. The van der Waals surface area contributed by atoms with Crippen molar-refractivity contribution in [2.24, 2.45) is 0 Å². The zero-order valence-electron chi connectivity index (χ0n) is 10.2. The molecule has 0 heterocycles. The van der Waals surface area contributed by atoms with E-state index in [1.165, 1.54) is 5.56 Å². The highest BCUT2D eigenvalue weighted by Crippen LogP contribution is 2.23. The maximum absolute atomic E-state index is 11.3. The first-order valence-corrected chi connectivity index (χ1v) is 6.38. The Morgan fingerprint density at radius 2 is 1.94 bits per heavy atom. The van der Waals surface area contributed by atoms with Crippen LogP contribution in [0.5, 0.6) is 0 Å². The highest BCUT2D eigenvalue weighted by atomic mass is 79.9. The lowest BCUT2D eigenvalue weighted by Gasteiger charge is -2.25. The maximum Gasteiger partial charge on any atom is 0.222 e. The van der Waals surface area contributed by atoms with Crippen molar-refractivity contribution >= 4 is 21.8 Å². The van der Waals surface area contributed by atoms with E-state index in [0.717, 1.165) is 4.47 Å². The van der Waals surface area contributed by atoms with Crippen molar-refractivity contribution in [3.05, 3.63) is 34.3 Å². The summed E-state index contributed by atoms with van der Waals surface area (Å²) in [5.74, 6) is -0.113. The van der Waals surface area contributed by atoms with Crippen LogP contribution in [0.15, 0.2) is 28.7 Å². The predicted molar refractivity (Wildman–Crippen MR) is 71.9 cm³/mol. The molecule has 1 aromatic rings. The Balaban J connectivity index is 2.61. The molecule has 0 radical (unpaired) electrons. The molecule has 94 valence electrons. The number of nitrogens with one attached hydrogen (secondary N) is 1. The third-order valence-electron chi connectivity index (χ3n) is 2.69. The molecule has 0 aliphatic carbocycles. The van der Waals surface area contributed by atoms with E-state index in [9.17, 15) is 4.79 Å². The van der Waals surface area contributed by atoms with E-state index in [0.29, 0.717) is 6.54 Å². The maximum atomic E-state index is 11.3. The second-order valence-electron chi connectivity index (χ2n) is 4.64. The van der Waals surface area contributed by atoms with Gasteiger partial charge in [0, 0.05) is 22.9 Å². The zero-order chi connectivity index (χ0) is 12.9. The second-order valence-corrected chi connectivity index (χ2v) is 5.56. The topological polar surface area (TPSA) is 49.3 Å². The Morgan fingerprint density at radius 1 is 1.35 bits per heavy atom. The Hall–Kier alpha value is -0.870. The molecule has 17 heavy (non-hydrogen) atoms. The van der Waals surface area contributed by atoms with Crippen LogP contribution in [0.1, 0.15) is 25.8 Å². The Bertz CT molecular complexity index is 374. The fourth-order valence-electron chi connectivity index (χ4n) is 1.51. The summed E-state index contributed by atoms with van der Waals surface area (Å²) in [5, 5.41) is 11.5. The van der Waals surface area contributed by atoms with Gasteiger partial charge in [-0.3, -0.25) is 4.79 Å². The van der Waals surface area contributed by atoms with Crippen LogP contribution in [0.3, 0.4) is 0 Å². The number of carbonyl (C=O) groups excluding carboxylic acids is 1. The van der Waals surface area contributed by atoms with Gasteiger partial charge in [-0.25, -0.2) is 0 Å². The number of benzene rings is 1. The third-order valence-corrected chi connectivity index (χ3v) is 3.22. The lowest BCUT2D eigenvalue weighted by molar-refractivity contribution is -0.121. The zero-order valence-corrected chi connectivity index (χ0v) is 11.8. The molecule has 0 saturated carbocycles. The smallest absolute Gasteiger partial charge is 0.222 e. The van der Waals surface area contributed by atoms with Gasteiger partial charge in [-0.15, -0.1) is 0 Å². The van der Waals surface area contributed by atoms with Crippen molar-refractivity contribution in [3.63, 3.8) is 0 Å². The van der Waals surface area contributed by atoms with Gasteiger partial charge in [0.2, 0.25) is 5.91 Å². The average Bonchev–Trinajstić information content (AvgIpc) is 2.28. The molecule has 1 aromatic carbocycles. The molecular weight excluding hydrogens is 282 g/mol. The van der Waals surface area contributed by atoms with Gasteiger partial charge in [-0.05, 0) is 17.7 Å². The molecule has 0 saturated heterocycles. The van der Waals surface area contributed by atoms with Crippen LogP contribution in [0.25, 0.3) is 0 Å². The molecule has 0 fully saturated rings. The predicted octanol–water partition coefficient (Wildman–Crippen LogP) is 2.23. The van der Waals surface area contributed by atoms with Crippen molar-refractivity contribution < 1.29 is 9.90 Å². The molecule has 3 nitrogen and oxygen atoms in total. The molecule has 0 aliphatic heterocycles. The summed E-state index contributed by atoms with van der Waals surface area (Å²) in [6, 6.07) is 8.07. The van der Waals surface area contributed by atoms with Crippen LogP contribution in [0, 0.1) is 0 Å². The van der Waals surface area contributed by atoms with E-state index >= 15 is 0 Å². The molecule has 0 atom stereocenters. The summed E-state index contributed by atoms with van der Waals surface area (Å²) in [4.78, 5) is 11.3. The van der Waals surface area contributed by atoms with Crippen LogP contribution in [-0.4, -0.2) is 24.2 Å². The fourth-order valence-corrected chi connectivity index (χ4v) is 1.78. The van der Waals surface area contributed by atoms with E-state index in [1.807, 2.05) is 24.3 Å². The fraction of sp³-hybridized carbons (Fsp3) is 0.462. The minimum atomic E-state index is -0.119. The summed E-state index contributed by atoms with van der Waals surface area (Å²) >= 11 is 3.40. The summed E-state index contributed by atoms with van der Waals surface area (Å²) in [5.41, 5.74) is 1.05. The number of hydrogen-bond donors (Lipinski definition) is 2. The molecule has 1 amide bonds. The average molecular weight is 300 g/mol.